The van der Waals surface area contributed by atoms with E-state index in [1.165, 1.54) is 17.7 Å². The van der Waals surface area contributed by atoms with E-state index in [1.807, 2.05) is 31.2 Å². The molecule has 41 heavy (non-hydrogen) atoms. The van der Waals surface area contributed by atoms with Crippen LogP contribution in [-0.2, 0) is 30.5 Å². The molecule has 1 atom stereocenters. The second-order valence-corrected chi connectivity index (χ2v) is 8.87. The number of piperazine rings is 1. The molecule has 0 saturated carbocycles. The SMILES string of the molecule is CC(C(=O)N(C)Cc1cccc(F)c1)N1CCN(C/C=C/c2ccccc2)CC1.O=C(O)C(=O)O.O=C(O)C(=O)O. The van der Waals surface area contributed by atoms with Crippen molar-refractivity contribution in [2.75, 3.05) is 39.8 Å². The lowest BCUT2D eigenvalue weighted by Gasteiger charge is -2.38. The van der Waals surface area contributed by atoms with Gasteiger partial charge in [0.05, 0.1) is 6.04 Å². The number of aliphatic carboxylic acids is 4. The molecule has 2 aromatic carbocycles. The number of halogens is 1. The monoisotopic (exact) mass is 575 g/mol. The van der Waals surface area contributed by atoms with Crippen LogP contribution in [0.4, 0.5) is 4.39 Å². The summed E-state index contributed by atoms with van der Waals surface area (Å²) in [6, 6.07) is 16.6. The molecule has 222 valence electrons. The van der Waals surface area contributed by atoms with Gasteiger partial charge in [0.2, 0.25) is 5.91 Å². The molecule has 0 spiro atoms. The number of rotatable bonds is 7. The molecule has 2 aromatic rings. The van der Waals surface area contributed by atoms with Crippen molar-refractivity contribution in [1.82, 2.24) is 14.7 Å². The lowest BCUT2D eigenvalue weighted by atomic mass is 10.1. The van der Waals surface area contributed by atoms with Crippen molar-refractivity contribution in [3.8, 4) is 0 Å². The number of carboxylic acid groups (broad SMARTS) is 4. The van der Waals surface area contributed by atoms with Crippen molar-refractivity contribution in [3.63, 3.8) is 0 Å². The summed E-state index contributed by atoms with van der Waals surface area (Å²) in [7, 11) is 1.79. The van der Waals surface area contributed by atoms with Gasteiger partial charge in [-0.1, -0.05) is 54.6 Å². The van der Waals surface area contributed by atoms with Gasteiger partial charge in [-0.3, -0.25) is 14.6 Å². The number of amides is 1. The highest BCUT2D eigenvalue weighted by Crippen LogP contribution is 2.12. The lowest BCUT2D eigenvalue weighted by molar-refractivity contribution is -0.159. The Labute approximate surface area is 236 Å². The van der Waals surface area contributed by atoms with Crippen molar-refractivity contribution < 1.29 is 48.8 Å². The standard InChI is InChI=1S/C24H30FN3O.2C2H2O4/c1-20(24(29)26(2)19-22-10-6-12-23(25)18-22)28-16-14-27(15-17-28)13-7-11-21-8-4-3-5-9-21;2*3-1(4)2(5)6/h3-12,18,20H,13-17,19H2,1-2H3;2*(H,3,4)(H,5,6)/b11-7+;;. The largest absolute Gasteiger partial charge is 0.473 e. The third kappa shape index (κ3) is 13.8. The normalized spacial score (nSPS) is 14.0. The van der Waals surface area contributed by atoms with Gasteiger partial charge in [0.1, 0.15) is 5.82 Å². The van der Waals surface area contributed by atoms with Gasteiger partial charge >= 0.3 is 23.9 Å². The molecule has 12 nitrogen and oxygen atoms in total. The average molecular weight is 576 g/mol. The molecule has 1 aliphatic heterocycles. The number of carboxylic acids is 4. The molecule has 1 heterocycles. The minimum absolute atomic E-state index is 0.0756. The maximum atomic E-state index is 13.4. The number of carbonyl (C=O) groups is 5. The van der Waals surface area contributed by atoms with Crippen LogP contribution < -0.4 is 0 Å². The van der Waals surface area contributed by atoms with E-state index >= 15 is 0 Å². The van der Waals surface area contributed by atoms with Crippen LogP contribution in [0.25, 0.3) is 6.08 Å². The van der Waals surface area contributed by atoms with E-state index in [-0.39, 0.29) is 17.8 Å². The Hall–Kier alpha value is -4.62. The molecular formula is C28H34FN3O9. The Morgan fingerprint density at radius 1 is 0.854 bits per heavy atom. The van der Waals surface area contributed by atoms with Crippen LogP contribution in [-0.4, -0.2) is 111 Å². The third-order valence-electron chi connectivity index (χ3n) is 5.84. The Morgan fingerprint density at radius 3 is 1.88 bits per heavy atom. The van der Waals surface area contributed by atoms with Gasteiger partial charge in [0, 0.05) is 46.3 Å². The van der Waals surface area contributed by atoms with Crippen LogP contribution in [0.15, 0.2) is 60.7 Å². The third-order valence-corrected chi connectivity index (χ3v) is 5.84. The van der Waals surface area contributed by atoms with Crippen LogP contribution >= 0.6 is 0 Å². The fraction of sp³-hybridized carbons (Fsp3) is 0.321. The molecule has 1 saturated heterocycles. The topological polar surface area (TPSA) is 176 Å². The van der Waals surface area contributed by atoms with Gasteiger partial charge in [-0.15, -0.1) is 0 Å². The van der Waals surface area contributed by atoms with E-state index in [0.717, 1.165) is 38.3 Å². The number of benzene rings is 2. The Morgan fingerprint density at radius 2 is 1.39 bits per heavy atom. The Kier molecular flexibility index (Phi) is 15.0. The van der Waals surface area contributed by atoms with Crippen molar-refractivity contribution in [2.24, 2.45) is 0 Å². The Bertz CT molecular complexity index is 1150. The van der Waals surface area contributed by atoms with Crippen LogP contribution in [0.2, 0.25) is 0 Å². The predicted molar refractivity (Wildman–Crippen MR) is 146 cm³/mol. The first-order valence-electron chi connectivity index (χ1n) is 12.4. The second-order valence-electron chi connectivity index (χ2n) is 8.87. The Balaban J connectivity index is 0.000000588. The number of hydrogen-bond donors (Lipinski definition) is 4. The average Bonchev–Trinajstić information content (AvgIpc) is 2.94. The summed E-state index contributed by atoms with van der Waals surface area (Å²) in [4.78, 5) is 55.5. The highest BCUT2D eigenvalue weighted by molar-refractivity contribution is 6.27. The molecule has 0 radical (unpaired) electrons. The van der Waals surface area contributed by atoms with Gasteiger partial charge in [0.15, 0.2) is 0 Å². The molecule has 4 N–H and O–H groups in total. The smallest absolute Gasteiger partial charge is 0.414 e. The van der Waals surface area contributed by atoms with E-state index in [2.05, 4.69) is 34.1 Å². The van der Waals surface area contributed by atoms with Crippen LogP contribution in [0, 0.1) is 5.82 Å². The van der Waals surface area contributed by atoms with Crippen LogP contribution in [0.3, 0.4) is 0 Å². The highest BCUT2D eigenvalue weighted by Gasteiger charge is 2.27. The highest BCUT2D eigenvalue weighted by atomic mass is 19.1. The number of nitrogens with zero attached hydrogens (tertiary/aromatic N) is 3. The maximum absolute atomic E-state index is 13.4. The summed E-state index contributed by atoms with van der Waals surface area (Å²) < 4.78 is 13.4. The molecule has 1 fully saturated rings. The molecule has 0 aromatic heterocycles. The van der Waals surface area contributed by atoms with Gasteiger partial charge in [-0.05, 0) is 30.2 Å². The van der Waals surface area contributed by atoms with E-state index in [4.69, 9.17) is 39.6 Å². The van der Waals surface area contributed by atoms with E-state index in [1.54, 1.807) is 18.0 Å². The quantitative estimate of drug-likeness (QED) is 0.354. The zero-order valence-corrected chi connectivity index (χ0v) is 22.7. The first-order chi connectivity index (χ1) is 19.3. The van der Waals surface area contributed by atoms with Gasteiger partial charge in [-0.2, -0.15) is 0 Å². The number of carbonyl (C=O) groups excluding carboxylic acids is 1. The summed E-state index contributed by atoms with van der Waals surface area (Å²) >= 11 is 0. The summed E-state index contributed by atoms with van der Waals surface area (Å²) in [5.74, 6) is -7.49. The maximum Gasteiger partial charge on any atom is 0.414 e. The number of likely N-dealkylation sites (N-methyl/N-ethyl adjacent to an activating group) is 1. The van der Waals surface area contributed by atoms with Gasteiger partial charge in [0.25, 0.3) is 0 Å². The summed E-state index contributed by atoms with van der Waals surface area (Å²) in [6.45, 7) is 6.96. The minimum Gasteiger partial charge on any atom is -0.473 e. The molecule has 0 aliphatic carbocycles. The predicted octanol–water partition coefficient (Wildman–Crippen LogP) is 1.81. The summed E-state index contributed by atoms with van der Waals surface area (Å²) in [5, 5.41) is 29.6. The summed E-state index contributed by atoms with van der Waals surface area (Å²) in [6.07, 6.45) is 4.35. The van der Waals surface area contributed by atoms with Crippen molar-refractivity contribution in [2.45, 2.75) is 19.5 Å². The first-order valence-corrected chi connectivity index (χ1v) is 12.4. The molecule has 3 rings (SSSR count). The molecule has 1 unspecified atom stereocenters. The molecular weight excluding hydrogens is 541 g/mol. The van der Waals surface area contributed by atoms with E-state index in [0.29, 0.717) is 6.54 Å². The fourth-order valence-corrected chi connectivity index (χ4v) is 3.70. The fourth-order valence-electron chi connectivity index (χ4n) is 3.70. The van der Waals surface area contributed by atoms with Crippen molar-refractivity contribution >= 4 is 35.9 Å². The zero-order valence-electron chi connectivity index (χ0n) is 22.7. The van der Waals surface area contributed by atoms with Gasteiger partial charge in [-0.25, -0.2) is 23.6 Å². The van der Waals surface area contributed by atoms with E-state index < -0.39 is 23.9 Å². The lowest BCUT2D eigenvalue weighted by Crippen LogP contribution is -2.53. The van der Waals surface area contributed by atoms with Crippen molar-refractivity contribution in [3.05, 3.63) is 77.6 Å². The molecule has 1 amide bonds. The second kappa shape index (κ2) is 17.9. The first kappa shape index (κ1) is 34.4. The number of hydrogen-bond acceptors (Lipinski definition) is 7. The van der Waals surface area contributed by atoms with E-state index in [9.17, 15) is 9.18 Å². The van der Waals surface area contributed by atoms with Gasteiger partial charge < -0.3 is 25.3 Å². The van der Waals surface area contributed by atoms with Crippen LogP contribution in [0.1, 0.15) is 18.1 Å². The summed E-state index contributed by atoms with van der Waals surface area (Å²) in [5.41, 5.74) is 2.02. The van der Waals surface area contributed by atoms with Crippen molar-refractivity contribution in [1.29, 1.82) is 0 Å². The molecule has 0 bridgehead atoms. The molecule has 13 heteroatoms. The molecule has 1 aliphatic rings. The minimum atomic E-state index is -1.82. The zero-order chi connectivity index (χ0) is 30.9. The van der Waals surface area contributed by atoms with Crippen LogP contribution in [0.5, 0.6) is 0 Å².